The number of rotatable bonds is 5. The molecule has 0 fully saturated rings. The number of hydrogen-bond donors (Lipinski definition) is 0. The van der Waals surface area contributed by atoms with E-state index >= 15 is 0 Å². The topological polar surface area (TPSA) is 83.0 Å². The van der Waals surface area contributed by atoms with Crippen molar-refractivity contribution >= 4 is 34.1 Å². The Balaban J connectivity index is 1.70. The number of aryl methyl sites for hydroxylation is 2. The van der Waals surface area contributed by atoms with Crippen LogP contribution in [0, 0.1) is 18.3 Å². The number of anilines is 2. The number of pyridine rings is 2. The van der Waals surface area contributed by atoms with Gasteiger partial charge in [-0.1, -0.05) is 60.7 Å². The highest BCUT2D eigenvalue weighted by molar-refractivity contribution is 6.14. The highest BCUT2D eigenvalue weighted by Crippen LogP contribution is 2.32. The first kappa shape index (κ1) is 22.0. The van der Waals surface area contributed by atoms with Gasteiger partial charge in [-0.25, -0.2) is 19.9 Å². The number of fused-ring (bicyclic) bond motifs is 1. The largest absolute Gasteiger partial charge is 0.334 e. The molecule has 0 spiro atoms. The van der Waals surface area contributed by atoms with Crippen LogP contribution in [0.4, 0.5) is 17.3 Å². The summed E-state index contributed by atoms with van der Waals surface area (Å²) in [6.07, 6.45) is 3.47. The van der Waals surface area contributed by atoms with Crippen molar-refractivity contribution in [1.82, 2.24) is 19.5 Å². The summed E-state index contributed by atoms with van der Waals surface area (Å²) >= 11 is 0. The zero-order chi connectivity index (χ0) is 24.4. The molecule has 0 aliphatic rings. The van der Waals surface area contributed by atoms with Crippen molar-refractivity contribution in [2.75, 3.05) is 11.9 Å². The molecule has 0 radical (unpaired) electrons. The Morgan fingerprint density at radius 2 is 1.63 bits per heavy atom. The van der Waals surface area contributed by atoms with Crippen molar-refractivity contribution in [3.8, 4) is 6.07 Å². The lowest BCUT2D eigenvalue weighted by atomic mass is 10.0. The molecule has 3 heterocycles. The lowest BCUT2D eigenvalue weighted by Gasteiger charge is -2.21. The summed E-state index contributed by atoms with van der Waals surface area (Å²) in [4.78, 5) is 20.8. The van der Waals surface area contributed by atoms with Gasteiger partial charge in [0.05, 0.1) is 29.4 Å². The third-order valence-electron chi connectivity index (χ3n) is 5.90. The fourth-order valence-electron chi connectivity index (χ4n) is 4.03. The van der Waals surface area contributed by atoms with Crippen LogP contribution in [0.3, 0.4) is 0 Å². The van der Waals surface area contributed by atoms with Gasteiger partial charge in [0.25, 0.3) is 0 Å². The van der Waals surface area contributed by atoms with Crippen LogP contribution in [0.15, 0.2) is 90.3 Å². The van der Waals surface area contributed by atoms with Gasteiger partial charge in [0.15, 0.2) is 5.82 Å². The van der Waals surface area contributed by atoms with E-state index in [1.807, 2.05) is 97.2 Å². The molecular formula is C28H23N7. The summed E-state index contributed by atoms with van der Waals surface area (Å²) in [6, 6.07) is 26.0. The van der Waals surface area contributed by atoms with E-state index in [2.05, 4.69) is 16.0 Å². The fourth-order valence-corrected chi connectivity index (χ4v) is 4.03. The maximum Gasteiger partial charge on any atom is 0.183 e. The van der Waals surface area contributed by atoms with Crippen LogP contribution >= 0.6 is 0 Å². The molecule has 0 saturated carbocycles. The van der Waals surface area contributed by atoms with E-state index in [9.17, 15) is 5.26 Å². The SMILES string of the molecule is Cc1cc(C#N)ncc1N(C)c1cc2c(ncn2C)c(N=C(c2ccccc2)c2ccccc2)n1. The lowest BCUT2D eigenvalue weighted by molar-refractivity contribution is 0.946. The van der Waals surface area contributed by atoms with E-state index in [0.717, 1.165) is 39.1 Å². The van der Waals surface area contributed by atoms with E-state index in [-0.39, 0.29) is 0 Å². The van der Waals surface area contributed by atoms with Gasteiger partial charge in [-0.3, -0.25) is 0 Å². The maximum atomic E-state index is 9.18. The third-order valence-corrected chi connectivity index (χ3v) is 5.90. The average Bonchev–Trinajstić information content (AvgIpc) is 3.28. The molecule has 0 unspecified atom stereocenters. The zero-order valence-corrected chi connectivity index (χ0v) is 19.7. The van der Waals surface area contributed by atoms with Crippen LogP contribution in [0.25, 0.3) is 11.0 Å². The quantitative estimate of drug-likeness (QED) is 0.326. The van der Waals surface area contributed by atoms with Crippen LogP contribution < -0.4 is 4.90 Å². The first-order valence-electron chi connectivity index (χ1n) is 11.2. The van der Waals surface area contributed by atoms with Gasteiger partial charge < -0.3 is 9.47 Å². The highest BCUT2D eigenvalue weighted by Gasteiger charge is 2.17. The molecule has 0 bridgehead atoms. The van der Waals surface area contributed by atoms with Crippen molar-refractivity contribution in [3.63, 3.8) is 0 Å². The molecule has 0 atom stereocenters. The third kappa shape index (κ3) is 4.25. The lowest BCUT2D eigenvalue weighted by Crippen LogP contribution is -2.13. The Labute approximate surface area is 203 Å². The molecule has 0 amide bonds. The van der Waals surface area contributed by atoms with E-state index in [1.54, 1.807) is 18.6 Å². The number of aromatic nitrogens is 4. The monoisotopic (exact) mass is 457 g/mol. The Morgan fingerprint density at radius 3 is 2.23 bits per heavy atom. The van der Waals surface area contributed by atoms with E-state index in [0.29, 0.717) is 17.3 Å². The van der Waals surface area contributed by atoms with Gasteiger partial charge in [-0.15, -0.1) is 0 Å². The predicted molar refractivity (Wildman–Crippen MR) is 138 cm³/mol. The number of hydrogen-bond acceptors (Lipinski definition) is 6. The molecule has 7 heteroatoms. The van der Waals surface area contributed by atoms with E-state index in [1.165, 1.54) is 0 Å². The van der Waals surface area contributed by atoms with Crippen molar-refractivity contribution in [2.24, 2.45) is 12.0 Å². The van der Waals surface area contributed by atoms with Crippen LogP contribution in [0.5, 0.6) is 0 Å². The summed E-state index contributed by atoms with van der Waals surface area (Å²) in [7, 11) is 3.89. The summed E-state index contributed by atoms with van der Waals surface area (Å²) in [5.74, 6) is 1.24. The van der Waals surface area contributed by atoms with Gasteiger partial charge >= 0.3 is 0 Å². The number of nitriles is 1. The molecule has 0 aliphatic carbocycles. The average molecular weight is 458 g/mol. The second-order valence-electron chi connectivity index (χ2n) is 8.25. The van der Waals surface area contributed by atoms with Gasteiger partial charge in [-0.2, -0.15) is 5.26 Å². The van der Waals surface area contributed by atoms with E-state index in [4.69, 9.17) is 9.98 Å². The number of nitrogens with zero attached hydrogens (tertiary/aromatic N) is 7. The molecule has 5 rings (SSSR count). The standard InChI is InChI=1S/C28H23N7/c1-19-14-22(16-29)30-17-24(19)35(3)25-15-23-27(31-18-34(23)2)28(32-25)33-26(20-10-6-4-7-11-20)21-12-8-5-9-13-21/h4-15,17-18H,1-3H3. The summed E-state index contributed by atoms with van der Waals surface area (Å²) in [5.41, 5.74) is 6.64. The molecule has 3 aromatic heterocycles. The first-order chi connectivity index (χ1) is 17.0. The highest BCUT2D eigenvalue weighted by atomic mass is 15.2. The van der Waals surface area contributed by atoms with Crippen molar-refractivity contribution in [2.45, 2.75) is 6.92 Å². The summed E-state index contributed by atoms with van der Waals surface area (Å²) in [5, 5.41) is 9.18. The van der Waals surface area contributed by atoms with Gasteiger partial charge in [0.2, 0.25) is 0 Å². The van der Waals surface area contributed by atoms with Crippen molar-refractivity contribution in [1.29, 1.82) is 5.26 Å². The van der Waals surface area contributed by atoms with E-state index < -0.39 is 0 Å². The zero-order valence-electron chi connectivity index (χ0n) is 19.7. The fraction of sp³-hybridized carbons (Fsp3) is 0.107. The van der Waals surface area contributed by atoms with Gasteiger partial charge in [0.1, 0.15) is 23.1 Å². The number of imidazole rings is 1. The predicted octanol–water partition coefficient (Wildman–Crippen LogP) is 5.48. The van der Waals surface area contributed by atoms with Gasteiger partial charge in [-0.05, 0) is 18.6 Å². The van der Waals surface area contributed by atoms with Crippen LogP contribution in [0.2, 0.25) is 0 Å². The van der Waals surface area contributed by atoms with Crippen LogP contribution in [-0.2, 0) is 7.05 Å². The molecular weight excluding hydrogens is 434 g/mol. The Kier molecular flexibility index (Phi) is 5.78. The molecule has 0 aliphatic heterocycles. The Morgan fingerprint density at radius 1 is 0.971 bits per heavy atom. The minimum Gasteiger partial charge on any atom is -0.334 e. The molecule has 0 saturated heterocycles. The molecule has 0 N–H and O–H groups in total. The van der Waals surface area contributed by atoms with Gasteiger partial charge in [0, 0.05) is 31.3 Å². The van der Waals surface area contributed by atoms with Crippen LogP contribution in [0.1, 0.15) is 22.4 Å². The number of aliphatic imine (C=N–C) groups is 1. The van der Waals surface area contributed by atoms with Crippen molar-refractivity contribution < 1.29 is 0 Å². The Hall–Kier alpha value is -4.83. The molecule has 170 valence electrons. The Bertz CT molecular complexity index is 1540. The minimum atomic E-state index is 0.385. The second-order valence-corrected chi connectivity index (χ2v) is 8.25. The minimum absolute atomic E-state index is 0.385. The maximum absolute atomic E-state index is 9.18. The number of benzene rings is 2. The van der Waals surface area contributed by atoms with Crippen LogP contribution in [-0.4, -0.2) is 32.3 Å². The van der Waals surface area contributed by atoms with Crippen molar-refractivity contribution in [3.05, 3.63) is 108 Å². The normalized spacial score (nSPS) is 10.7. The molecule has 35 heavy (non-hydrogen) atoms. The molecule has 2 aromatic carbocycles. The molecule has 7 nitrogen and oxygen atoms in total. The summed E-state index contributed by atoms with van der Waals surface area (Å²) < 4.78 is 1.96. The summed E-state index contributed by atoms with van der Waals surface area (Å²) in [6.45, 7) is 1.96. The first-order valence-corrected chi connectivity index (χ1v) is 11.2. The smallest absolute Gasteiger partial charge is 0.183 e. The molecule has 5 aromatic rings. The second kappa shape index (κ2) is 9.20.